The Morgan fingerprint density at radius 1 is 1.50 bits per heavy atom. The van der Waals surface area contributed by atoms with Crippen LogP contribution in [-0.2, 0) is 6.42 Å². The average molecular weight is 186 g/mol. The number of nitrogens with zero attached hydrogens (tertiary/aromatic N) is 1. The topological polar surface area (TPSA) is 59.8 Å². The SMILES string of the molecule is Cc1[nH]c2cc(O)ccc2c1CC#N. The Bertz CT molecular complexity index is 520. The number of phenols is 1. The highest BCUT2D eigenvalue weighted by Crippen LogP contribution is 2.25. The third kappa shape index (κ3) is 1.21. The zero-order chi connectivity index (χ0) is 10.1. The van der Waals surface area contributed by atoms with E-state index in [9.17, 15) is 5.11 Å². The van der Waals surface area contributed by atoms with Gasteiger partial charge in [-0.1, -0.05) is 0 Å². The third-order valence-electron chi connectivity index (χ3n) is 2.36. The van der Waals surface area contributed by atoms with Crippen molar-refractivity contribution in [1.29, 1.82) is 5.26 Å². The number of rotatable bonds is 1. The van der Waals surface area contributed by atoms with Crippen molar-refractivity contribution in [3.8, 4) is 11.8 Å². The summed E-state index contributed by atoms with van der Waals surface area (Å²) in [6.45, 7) is 1.93. The molecule has 0 aliphatic rings. The van der Waals surface area contributed by atoms with E-state index in [-0.39, 0.29) is 5.75 Å². The van der Waals surface area contributed by atoms with Gasteiger partial charge in [0.15, 0.2) is 0 Å². The highest BCUT2D eigenvalue weighted by molar-refractivity contribution is 5.86. The van der Waals surface area contributed by atoms with Gasteiger partial charge in [-0.15, -0.1) is 0 Å². The predicted molar refractivity (Wildman–Crippen MR) is 54.0 cm³/mol. The van der Waals surface area contributed by atoms with Gasteiger partial charge in [0.2, 0.25) is 0 Å². The van der Waals surface area contributed by atoms with Gasteiger partial charge in [-0.2, -0.15) is 5.26 Å². The maximum atomic E-state index is 9.28. The molecular weight excluding hydrogens is 176 g/mol. The molecule has 1 aromatic heterocycles. The molecule has 0 unspecified atom stereocenters. The lowest BCUT2D eigenvalue weighted by molar-refractivity contribution is 0.476. The number of aryl methyl sites for hydroxylation is 1. The molecule has 0 aliphatic carbocycles. The van der Waals surface area contributed by atoms with Gasteiger partial charge >= 0.3 is 0 Å². The summed E-state index contributed by atoms with van der Waals surface area (Å²) in [7, 11) is 0. The van der Waals surface area contributed by atoms with Gasteiger partial charge < -0.3 is 10.1 Å². The fourth-order valence-corrected chi connectivity index (χ4v) is 1.69. The zero-order valence-corrected chi connectivity index (χ0v) is 7.83. The molecule has 2 rings (SSSR count). The van der Waals surface area contributed by atoms with Gasteiger partial charge in [0.25, 0.3) is 0 Å². The number of aromatic nitrogens is 1. The number of fused-ring (bicyclic) bond motifs is 1. The van der Waals surface area contributed by atoms with Crippen molar-refractivity contribution in [3.05, 3.63) is 29.5 Å². The van der Waals surface area contributed by atoms with Gasteiger partial charge in [0, 0.05) is 22.7 Å². The van der Waals surface area contributed by atoms with Crippen LogP contribution in [0, 0.1) is 18.3 Å². The van der Waals surface area contributed by atoms with Crippen molar-refractivity contribution in [2.45, 2.75) is 13.3 Å². The van der Waals surface area contributed by atoms with Crippen molar-refractivity contribution in [2.75, 3.05) is 0 Å². The van der Waals surface area contributed by atoms with Crippen molar-refractivity contribution >= 4 is 10.9 Å². The van der Waals surface area contributed by atoms with Crippen molar-refractivity contribution in [2.24, 2.45) is 0 Å². The molecule has 0 bridgehead atoms. The molecule has 2 aromatic rings. The molecule has 70 valence electrons. The van der Waals surface area contributed by atoms with Gasteiger partial charge in [0.05, 0.1) is 12.5 Å². The smallest absolute Gasteiger partial charge is 0.117 e. The number of benzene rings is 1. The molecule has 0 spiro atoms. The van der Waals surface area contributed by atoms with Gasteiger partial charge in [-0.05, 0) is 24.6 Å². The molecule has 3 heteroatoms. The second-order valence-electron chi connectivity index (χ2n) is 3.29. The van der Waals surface area contributed by atoms with E-state index in [4.69, 9.17) is 5.26 Å². The molecule has 0 radical (unpaired) electrons. The van der Waals surface area contributed by atoms with Crippen LogP contribution in [0.2, 0.25) is 0 Å². The van der Waals surface area contributed by atoms with Crippen molar-refractivity contribution in [1.82, 2.24) is 4.98 Å². The van der Waals surface area contributed by atoms with E-state index in [1.165, 1.54) is 0 Å². The predicted octanol–water partition coefficient (Wildman–Crippen LogP) is 2.25. The van der Waals surface area contributed by atoms with Crippen LogP contribution in [0.1, 0.15) is 11.3 Å². The van der Waals surface area contributed by atoms with E-state index in [0.29, 0.717) is 6.42 Å². The summed E-state index contributed by atoms with van der Waals surface area (Å²) in [6, 6.07) is 7.27. The molecule has 0 fully saturated rings. The first kappa shape index (κ1) is 8.64. The van der Waals surface area contributed by atoms with E-state index >= 15 is 0 Å². The molecule has 3 nitrogen and oxygen atoms in total. The maximum absolute atomic E-state index is 9.28. The molecule has 0 saturated heterocycles. The number of aromatic amines is 1. The monoisotopic (exact) mass is 186 g/mol. The second kappa shape index (κ2) is 3.08. The Kier molecular flexibility index (Phi) is 1.90. The van der Waals surface area contributed by atoms with Crippen LogP contribution in [-0.4, -0.2) is 10.1 Å². The lowest BCUT2D eigenvalue weighted by Gasteiger charge is -1.94. The van der Waals surface area contributed by atoms with E-state index < -0.39 is 0 Å². The first-order valence-corrected chi connectivity index (χ1v) is 4.39. The van der Waals surface area contributed by atoms with Gasteiger partial charge in [0.1, 0.15) is 5.75 Å². The van der Waals surface area contributed by atoms with Crippen LogP contribution >= 0.6 is 0 Å². The first-order chi connectivity index (χ1) is 6.72. The fraction of sp³-hybridized carbons (Fsp3) is 0.182. The highest BCUT2D eigenvalue weighted by Gasteiger charge is 2.07. The summed E-state index contributed by atoms with van der Waals surface area (Å²) in [5.74, 6) is 0.238. The number of nitriles is 1. The molecule has 0 aliphatic heterocycles. The largest absolute Gasteiger partial charge is 0.508 e. The summed E-state index contributed by atoms with van der Waals surface area (Å²) in [5, 5.41) is 19.0. The normalized spacial score (nSPS) is 10.3. The van der Waals surface area contributed by atoms with Gasteiger partial charge in [-0.3, -0.25) is 0 Å². The number of nitrogens with one attached hydrogen (secondary N) is 1. The third-order valence-corrected chi connectivity index (χ3v) is 2.36. The van der Waals surface area contributed by atoms with Crippen LogP contribution in [0.15, 0.2) is 18.2 Å². The van der Waals surface area contributed by atoms with Crippen LogP contribution in [0.25, 0.3) is 10.9 Å². The van der Waals surface area contributed by atoms with E-state index in [0.717, 1.165) is 22.2 Å². The lowest BCUT2D eigenvalue weighted by Crippen LogP contribution is -1.81. The van der Waals surface area contributed by atoms with Crippen LogP contribution in [0.5, 0.6) is 5.75 Å². The molecular formula is C11H10N2O. The number of hydrogen-bond donors (Lipinski definition) is 2. The lowest BCUT2D eigenvalue weighted by atomic mass is 10.1. The first-order valence-electron chi connectivity index (χ1n) is 4.39. The minimum Gasteiger partial charge on any atom is -0.508 e. The standard InChI is InChI=1S/C11H10N2O/c1-7-9(4-5-12)10-3-2-8(14)6-11(10)13-7/h2-3,6,13-14H,4H2,1H3. The second-order valence-corrected chi connectivity index (χ2v) is 3.29. The Morgan fingerprint density at radius 3 is 3.00 bits per heavy atom. The van der Waals surface area contributed by atoms with Crippen LogP contribution < -0.4 is 0 Å². The Balaban J connectivity index is 2.72. The minimum atomic E-state index is 0.238. The van der Waals surface area contributed by atoms with E-state index in [1.807, 2.05) is 13.0 Å². The fourth-order valence-electron chi connectivity index (χ4n) is 1.69. The zero-order valence-electron chi connectivity index (χ0n) is 7.83. The average Bonchev–Trinajstić information content (AvgIpc) is 2.43. The molecule has 0 saturated carbocycles. The van der Waals surface area contributed by atoms with Crippen LogP contribution in [0.4, 0.5) is 0 Å². The summed E-state index contributed by atoms with van der Waals surface area (Å²) in [5.41, 5.74) is 2.89. The minimum absolute atomic E-state index is 0.238. The summed E-state index contributed by atoms with van der Waals surface area (Å²) in [4.78, 5) is 3.14. The molecule has 0 amide bonds. The van der Waals surface area contributed by atoms with Crippen molar-refractivity contribution in [3.63, 3.8) is 0 Å². The van der Waals surface area contributed by atoms with Gasteiger partial charge in [-0.25, -0.2) is 0 Å². The quantitative estimate of drug-likeness (QED) is 0.717. The van der Waals surface area contributed by atoms with E-state index in [2.05, 4.69) is 11.1 Å². The number of H-pyrrole nitrogens is 1. The maximum Gasteiger partial charge on any atom is 0.117 e. The Morgan fingerprint density at radius 2 is 2.29 bits per heavy atom. The number of hydrogen-bond acceptors (Lipinski definition) is 2. The molecule has 1 heterocycles. The number of phenolic OH excluding ortho intramolecular Hbond substituents is 1. The van der Waals surface area contributed by atoms with Crippen LogP contribution in [0.3, 0.4) is 0 Å². The molecule has 1 aromatic carbocycles. The Labute approximate surface area is 81.6 Å². The molecule has 14 heavy (non-hydrogen) atoms. The summed E-state index contributed by atoms with van der Waals surface area (Å²) < 4.78 is 0. The Hall–Kier alpha value is -1.95. The molecule has 0 atom stereocenters. The van der Waals surface area contributed by atoms with E-state index in [1.54, 1.807) is 12.1 Å². The summed E-state index contributed by atoms with van der Waals surface area (Å²) >= 11 is 0. The number of aromatic hydroxyl groups is 1. The summed E-state index contributed by atoms with van der Waals surface area (Å²) in [6.07, 6.45) is 0.399. The highest BCUT2D eigenvalue weighted by atomic mass is 16.3. The molecule has 2 N–H and O–H groups in total. The van der Waals surface area contributed by atoms with Crippen molar-refractivity contribution < 1.29 is 5.11 Å².